The molecule has 1 heterocycles. The fourth-order valence-corrected chi connectivity index (χ4v) is 2.34. The van der Waals surface area contributed by atoms with Crippen molar-refractivity contribution >= 4 is 34.4 Å². The number of carbonyl (C=O) groups is 2. The summed E-state index contributed by atoms with van der Waals surface area (Å²) in [6.07, 6.45) is 1.56. The zero-order chi connectivity index (χ0) is 14.0. The Morgan fingerprint density at radius 2 is 1.84 bits per heavy atom. The standard InChI is InChI=1S/C13H12ClNO4/c14-5-6-15-7-9(11(12(16)17)13(18)19)8-3-1-2-4-10(8)15/h1-4,7,11H,5-6H2,(H,16,17)(H,18,19). The van der Waals surface area contributed by atoms with Gasteiger partial charge in [-0.3, -0.25) is 9.59 Å². The molecule has 0 unspecified atom stereocenters. The minimum Gasteiger partial charge on any atom is -0.480 e. The molecule has 0 saturated carbocycles. The quantitative estimate of drug-likeness (QED) is 0.650. The van der Waals surface area contributed by atoms with Crippen LogP contribution >= 0.6 is 11.6 Å². The Kier molecular flexibility index (Phi) is 3.76. The number of halogens is 1. The van der Waals surface area contributed by atoms with Crippen LogP contribution in [0.25, 0.3) is 10.9 Å². The maximum Gasteiger partial charge on any atom is 0.322 e. The Hall–Kier alpha value is -2.01. The summed E-state index contributed by atoms with van der Waals surface area (Å²) in [5.74, 6) is -3.95. The monoisotopic (exact) mass is 281 g/mol. The van der Waals surface area contributed by atoms with Gasteiger partial charge in [0.05, 0.1) is 0 Å². The summed E-state index contributed by atoms with van der Waals surface area (Å²) in [5.41, 5.74) is 1.06. The molecular weight excluding hydrogens is 270 g/mol. The van der Waals surface area contributed by atoms with Gasteiger partial charge < -0.3 is 14.8 Å². The van der Waals surface area contributed by atoms with Gasteiger partial charge in [-0.25, -0.2) is 0 Å². The van der Waals surface area contributed by atoms with Crippen LogP contribution in [0.1, 0.15) is 11.5 Å². The van der Waals surface area contributed by atoms with Gasteiger partial charge >= 0.3 is 11.9 Å². The summed E-state index contributed by atoms with van der Waals surface area (Å²) in [6, 6.07) is 7.09. The average Bonchev–Trinajstić information content (AvgIpc) is 2.69. The lowest BCUT2D eigenvalue weighted by atomic mass is 9.99. The summed E-state index contributed by atoms with van der Waals surface area (Å²) in [7, 11) is 0. The Morgan fingerprint density at radius 3 is 2.42 bits per heavy atom. The Bertz CT molecular complexity index is 621. The van der Waals surface area contributed by atoms with E-state index >= 15 is 0 Å². The lowest BCUT2D eigenvalue weighted by Gasteiger charge is -2.05. The molecule has 5 nitrogen and oxygen atoms in total. The highest BCUT2D eigenvalue weighted by Crippen LogP contribution is 2.28. The molecule has 2 rings (SSSR count). The fourth-order valence-electron chi connectivity index (χ4n) is 2.15. The third kappa shape index (κ3) is 2.42. The van der Waals surface area contributed by atoms with E-state index in [-0.39, 0.29) is 5.56 Å². The van der Waals surface area contributed by atoms with Crippen molar-refractivity contribution in [2.75, 3.05) is 5.88 Å². The average molecular weight is 282 g/mol. The lowest BCUT2D eigenvalue weighted by Crippen LogP contribution is -2.20. The van der Waals surface area contributed by atoms with Gasteiger partial charge in [-0.1, -0.05) is 18.2 Å². The van der Waals surface area contributed by atoms with Gasteiger partial charge in [0.25, 0.3) is 0 Å². The topological polar surface area (TPSA) is 79.5 Å². The molecule has 0 saturated heterocycles. The Balaban J connectivity index is 2.66. The van der Waals surface area contributed by atoms with Crippen molar-refractivity contribution in [3.63, 3.8) is 0 Å². The SMILES string of the molecule is O=C(O)C(C(=O)O)c1cn(CCCl)c2ccccc12. The second-order valence-electron chi connectivity index (χ2n) is 4.09. The third-order valence-corrected chi connectivity index (χ3v) is 3.12. The van der Waals surface area contributed by atoms with E-state index < -0.39 is 17.9 Å². The minimum atomic E-state index is -1.57. The third-order valence-electron chi connectivity index (χ3n) is 2.95. The predicted octanol–water partition coefficient (Wildman–Crippen LogP) is 2.13. The summed E-state index contributed by atoms with van der Waals surface area (Å²) >= 11 is 5.70. The van der Waals surface area contributed by atoms with Crippen molar-refractivity contribution in [3.05, 3.63) is 36.0 Å². The molecule has 0 radical (unpaired) electrons. The van der Waals surface area contributed by atoms with E-state index in [0.717, 1.165) is 5.52 Å². The first-order chi connectivity index (χ1) is 9.06. The number of aliphatic carboxylic acids is 2. The van der Waals surface area contributed by atoms with Crippen LogP contribution in [-0.4, -0.2) is 32.6 Å². The van der Waals surface area contributed by atoms with Crippen LogP contribution in [0.2, 0.25) is 0 Å². The van der Waals surface area contributed by atoms with Crippen molar-refractivity contribution in [2.45, 2.75) is 12.5 Å². The number of para-hydroxylation sites is 1. The van der Waals surface area contributed by atoms with Crippen LogP contribution in [0.4, 0.5) is 0 Å². The molecule has 0 aliphatic heterocycles. The number of carboxylic acids is 2. The first-order valence-electron chi connectivity index (χ1n) is 5.65. The molecule has 2 N–H and O–H groups in total. The number of aromatic nitrogens is 1. The molecule has 0 bridgehead atoms. The largest absolute Gasteiger partial charge is 0.480 e. The molecule has 0 atom stereocenters. The fraction of sp³-hybridized carbons (Fsp3) is 0.231. The normalized spacial score (nSPS) is 11.1. The van der Waals surface area contributed by atoms with E-state index in [4.69, 9.17) is 21.8 Å². The number of hydrogen-bond donors (Lipinski definition) is 2. The zero-order valence-corrected chi connectivity index (χ0v) is 10.7. The van der Waals surface area contributed by atoms with Crippen molar-refractivity contribution < 1.29 is 19.8 Å². The molecule has 19 heavy (non-hydrogen) atoms. The molecule has 1 aromatic heterocycles. The Labute approximate surface area is 114 Å². The second kappa shape index (κ2) is 5.32. The van der Waals surface area contributed by atoms with Crippen LogP contribution in [0.3, 0.4) is 0 Å². The van der Waals surface area contributed by atoms with Gasteiger partial charge in [-0.15, -0.1) is 11.6 Å². The summed E-state index contributed by atoms with van der Waals surface area (Å²) in [5, 5.41) is 18.8. The van der Waals surface area contributed by atoms with Crippen LogP contribution < -0.4 is 0 Å². The van der Waals surface area contributed by atoms with Crippen LogP contribution in [-0.2, 0) is 16.1 Å². The van der Waals surface area contributed by atoms with Gasteiger partial charge in [-0.2, -0.15) is 0 Å². The number of alkyl halides is 1. The second-order valence-corrected chi connectivity index (χ2v) is 4.47. The molecule has 100 valence electrons. The summed E-state index contributed by atoms with van der Waals surface area (Å²) in [4.78, 5) is 22.3. The molecule has 0 amide bonds. The van der Waals surface area contributed by atoms with Crippen LogP contribution in [0.5, 0.6) is 0 Å². The van der Waals surface area contributed by atoms with Crippen molar-refractivity contribution in [1.29, 1.82) is 0 Å². The molecule has 2 aromatic rings. The van der Waals surface area contributed by atoms with Gasteiger partial charge in [-0.05, 0) is 6.07 Å². The van der Waals surface area contributed by atoms with E-state index in [1.165, 1.54) is 0 Å². The molecular formula is C13H12ClNO4. The smallest absolute Gasteiger partial charge is 0.322 e. The maximum absolute atomic E-state index is 11.1. The van der Waals surface area contributed by atoms with E-state index in [2.05, 4.69) is 0 Å². The van der Waals surface area contributed by atoms with Crippen LogP contribution in [0.15, 0.2) is 30.5 Å². The highest BCUT2D eigenvalue weighted by Gasteiger charge is 2.30. The van der Waals surface area contributed by atoms with E-state index in [0.29, 0.717) is 17.8 Å². The van der Waals surface area contributed by atoms with Gasteiger partial charge in [0.1, 0.15) is 0 Å². The highest BCUT2D eigenvalue weighted by atomic mass is 35.5. The molecule has 0 aliphatic rings. The number of nitrogens with zero attached hydrogens (tertiary/aromatic N) is 1. The molecule has 0 aliphatic carbocycles. The molecule has 0 spiro atoms. The maximum atomic E-state index is 11.1. The van der Waals surface area contributed by atoms with E-state index in [9.17, 15) is 9.59 Å². The molecule has 0 fully saturated rings. The molecule has 6 heteroatoms. The lowest BCUT2D eigenvalue weighted by molar-refractivity contribution is -0.149. The van der Waals surface area contributed by atoms with Crippen molar-refractivity contribution in [3.8, 4) is 0 Å². The number of carboxylic acid groups (broad SMARTS) is 2. The highest BCUT2D eigenvalue weighted by molar-refractivity contribution is 6.17. The van der Waals surface area contributed by atoms with Gasteiger partial charge in [0, 0.05) is 35.1 Å². The zero-order valence-electron chi connectivity index (χ0n) is 9.91. The number of benzene rings is 1. The number of aryl methyl sites for hydroxylation is 1. The summed E-state index contributed by atoms with van der Waals surface area (Å²) in [6.45, 7) is 0.494. The van der Waals surface area contributed by atoms with Crippen molar-refractivity contribution in [1.82, 2.24) is 4.57 Å². The Morgan fingerprint density at radius 1 is 1.21 bits per heavy atom. The number of hydrogen-bond acceptors (Lipinski definition) is 2. The van der Waals surface area contributed by atoms with Gasteiger partial charge in [0.2, 0.25) is 0 Å². The van der Waals surface area contributed by atoms with Crippen molar-refractivity contribution in [2.24, 2.45) is 0 Å². The summed E-state index contributed by atoms with van der Waals surface area (Å²) < 4.78 is 1.77. The van der Waals surface area contributed by atoms with E-state index in [1.807, 2.05) is 12.1 Å². The first kappa shape index (κ1) is 13.4. The first-order valence-corrected chi connectivity index (χ1v) is 6.19. The minimum absolute atomic E-state index is 0.278. The molecule has 1 aromatic carbocycles. The number of rotatable bonds is 5. The van der Waals surface area contributed by atoms with E-state index in [1.54, 1.807) is 22.9 Å². The van der Waals surface area contributed by atoms with Crippen LogP contribution in [0, 0.1) is 0 Å². The predicted molar refractivity (Wildman–Crippen MR) is 70.7 cm³/mol. The van der Waals surface area contributed by atoms with Gasteiger partial charge in [0.15, 0.2) is 5.92 Å². The number of fused-ring (bicyclic) bond motifs is 1.